The molecule has 112 valence electrons. The normalized spacial score (nSPS) is 13.0. The van der Waals surface area contributed by atoms with Gasteiger partial charge in [-0.3, -0.25) is 4.79 Å². The van der Waals surface area contributed by atoms with Crippen molar-refractivity contribution >= 4 is 5.91 Å². The minimum absolute atomic E-state index is 0.0996. The Morgan fingerprint density at radius 1 is 1.35 bits per heavy atom. The summed E-state index contributed by atoms with van der Waals surface area (Å²) in [6, 6.07) is 6.02. The second-order valence-electron chi connectivity index (χ2n) is 5.83. The molecule has 5 N–H and O–H groups in total. The number of benzene rings is 1. The summed E-state index contributed by atoms with van der Waals surface area (Å²) in [4.78, 5) is 11.9. The topological polar surface area (TPSA) is 95.6 Å². The number of carbonyl (C=O) groups is 1. The van der Waals surface area contributed by atoms with Gasteiger partial charge in [-0.15, -0.1) is 0 Å². The van der Waals surface area contributed by atoms with E-state index in [9.17, 15) is 9.90 Å². The average molecular weight is 280 g/mol. The van der Waals surface area contributed by atoms with Crippen LogP contribution in [-0.2, 0) is 11.2 Å². The van der Waals surface area contributed by atoms with Gasteiger partial charge in [0.15, 0.2) is 0 Å². The van der Waals surface area contributed by atoms with Gasteiger partial charge in [-0.05, 0) is 36.0 Å². The molecule has 0 spiro atoms. The van der Waals surface area contributed by atoms with Gasteiger partial charge in [0.25, 0.3) is 0 Å². The van der Waals surface area contributed by atoms with Gasteiger partial charge >= 0.3 is 0 Å². The lowest BCUT2D eigenvalue weighted by atomic mass is 9.89. The van der Waals surface area contributed by atoms with E-state index in [1.54, 1.807) is 24.3 Å². The first-order valence-electron chi connectivity index (χ1n) is 6.76. The lowest BCUT2D eigenvalue weighted by Gasteiger charge is -2.24. The lowest BCUT2D eigenvalue weighted by molar-refractivity contribution is -0.122. The number of carbonyl (C=O) groups excluding carboxylic acids is 1. The summed E-state index contributed by atoms with van der Waals surface area (Å²) in [5.74, 6) is -0.0124. The van der Waals surface area contributed by atoms with E-state index < -0.39 is 6.04 Å². The number of aliphatic hydroxyl groups excluding tert-OH is 1. The van der Waals surface area contributed by atoms with E-state index in [4.69, 9.17) is 10.8 Å². The van der Waals surface area contributed by atoms with Crippen LogP contribution in [0.1, 0.15) is 25.8 Å². The molecule has 0 aliphatic rings. The molecule has 1 aromatic rings. The molecular formula is C15H24N2O3. The van der Waals surface area contributed by atoms with Crippen molar-refractivity contribution in [3.05, 3.63) is 29.8 Å². The van der Waals surface area contributed by atoms with Crippen LogP contribution in [0.25, 0.3) is 0 Å². The minimum Gasteiger partial charge on any atom is -0.508 e. The zero-order valence-electron chi connectivity index (χ0n) is 12.1. The smallest absolute Gasteiger partial charge is 0.237 e. The predicted molar refractivity (Wildman–Crippen MR) is 78.3 cm³/mol. The molecule has 0 saturated carbocycles. The maximum absolute atomic E-state index is 11.9. The Kier molecular flexibility index (Phi) is 5.98. The van der Waals surface area contributed by atoms with Crippen molar-refractivity contribution < 1.29 is 15.0 Å². The van der Waals surface area contributed by atoms with E-state index in [-0.39, 0.29) is 23.7 Å². The number of nitrogens with one attached hydrogen (secondary N) is 1. The summed E-state index contributed by atoms with van der Waals surface area (Å²) in [5, 5.41) is 20.9. The van der Waals surface area contributed by atoms with Crippen molar-refractivity contribution in [2.75, 3.05) is 13.2 Å². The number of hydrogen-bond acceptors (Lipinski definition) is 4. The van der Waals surface area contributed by atoms with Gasteiger partial charge in [0.1, 0.15) is 5.75 Å². The second-order valence-corrected chi connectivity index (χ2v) is 5.83. The monoisotopic (exact) mass is 280 g/mol. The van der Waals surface area contributed by atoms with Gasteiger partial charge in [0.2, 0.25) is 5.91 Å². The number of aliphatic hydroxyl groups is 1. The third-order valence-electron chi connectivity index (χ3n) is 3.26. The average Bonchev–Trinajstić information content (AvgIpc) is 2.38. The molecule has 1 rings (SSSR count). The molecule has 1 aromatic carbocycles. The summed E-state index contributed by atoms with van der Waals surface area (Å²) in [6.07, 6.45) is 1.05. The Bertz CT molecular complexity index is 429. The molecule has 0 aromatic heterocycles. The van der Waals surface area contributed by atoms with Crippen LogP contribution in [0.15, 0.2) is 24.3 Å². The standard InChI is InChI=1S/C15H24N2O3/c1-15(2,7-8-18)10-17-14(20)13(16)9-11-3-5-12(19)6-4-11/h3-6,13,18-19H,7-10,16H2,1-2H3,(H,17,20). The van der Waals surface area contributed by atoms with Gasteiger partial charge in [-0.2, -0.15) is 0 Å². The fourth-order valence-corrected chi connectivity index (χ4v) is 1.83. The molecule has 1 atom stereocenters. The number of amides is 1. The van der Waals surface area contributed by atoms with E-state index in [0.717, 1.165) is 5.56 Å². The zero-order chi connectivity index (χ0) is 15.2. The third kappa shape index (κ3) is 5.59. The summed E-state index contributed by atoms with van der Waals surface area (Å²) in [5.41, 5.74) is 6.62. The van der Waals surface area contributed by atoms with Gasteiger partial charge in [0.05, 0.1) is 6.04 Å². The molecule has 20 heavy (non-hydrogen) atoms. The first-order valence-corrected chi connectivity index (χ1v) is 6.76. The fourth-order valence-electron chi connectivity index (χ4n) is 1.83. The Morgan fingerprint density at radius 2 is 1.95 bits per heavy atom. The first-order chi connectivity index (χ1) is 9.34. The number of aromatic hydroxyl groups is 1. The fraction of sp³-hybridized carbons (Fsp3) is 0.533. The summed E-state index contributed by atoms with van der Waals surface area (Å²) < 4.78 is 0. The quantitative estimate of drug-likeness (QED) is 0.594. The summed E-state index contributed by atoms with van der Waals surface area (Å²) >= 11 is 0. The van der Waals surface area contributed by atoms with E-state index in [2.05, 4.69) is 5.32 Å². The van der Waals surface area contributed by atoms with Crippen LogP contribution in [0.2, 0.25) is 0 Å². The molecule has 0 aliphatic heterocycles. The van der Waals surface area contributed by atoms with Crippen molar-refractivity contribution in [1.82, 2.24) is 5.32 Å². The van der Waals surface area contributed by atoms with Crippen molar-refractivity contribution in [2.24, 2.45) is 11.1 Å². The Balaban J connectivity index is 2.45. The second kappa shape index (κ2) is 7.26. The number of hydrogen-bond donors (Lipinski definition) is 4. The molecule has 0 aliphatic carbocycles. The molecule has 0 heterocycles. The Labute approximate surface area is 119 Å². The van der Waals surface area contributed by atoms with Gasteiger partial charge in [-0.25, -0.2) is 0 Å². The highest BCUT2D eigenvalue weighted by molar-refractivity contribution is 5.81. The molecule has 1 amide bonds. The largest absolute Gasteiger partial charge is 0.508 e. The third-order valence-corrected chi connectivity index (χ3v) is 3.26. The van der Waals surface area contributed by atoms with Crippen molar-refractivity contribution in [1.29, 1.82) is 0 Å². The van der Waals surface area contributed by atoms with Crippen molar-refractivity contribution in [3.63, 3.8) is 0 Å². The maximum atomic E-state index is 11.9. The van der Waals surface area contributed by atoms with Crippen LogP contribution >= 0.6 is 0 Å². The first kappa shape index (κ1) is 16.5. The molecule has 1 unspecified atom stereocenters. The number of phenolic OH excluding ortho intramolecular Hbond substituents is 1. The molecule has 5 heteroatoms. The van der Waals surface area contributed by atoms with E-state index >= 15 is 0 Å². The highest BCUT2D eigenvalue weighted by Gasteiger charge is 2.20. The summed E-state index contributed by atoms with van der Waals surface area (Å²) in [6.45, 7) is 4.54. The van der Waals surface area contributed by atoms with Crippen molar-refractivity contribution in [3.8, 4) is 5.75 Å². The molecule has 0 fully saturated rings. The van der Waals surface area contributed by atoms with Gasteiger partial charge in [-0.1, -0.05) is 26.0 Å². The molecule has 5 nitrogen and oxygen atoms in total. The van der Waals surface area contributed by atoms with Crippen LogP contribution in [0.3, 0.4) is 0 Å². The molecule has 0 bridgehead atoms. The van der Waals surface area contributed by atoms with Gasteiger partial charge < -0.3 is 21.3 Å². The number of nitrogens with two attached hydrogens (primary N) is 1. The SMILES string of the molecule is CC(C)(CCO)CNC(=O)C(N)Cc1ccc(O)cc1. The minimum atomic E-state index is -0.621. The van der Waals surface area contributed by atoms with Crippen LogP contribution in [-0.4, -0.2) is 35.3 Å². The zero-order valence-corrected chi connectivity index (χ0v) is 12.1. The number of rotatable bonds is 7. The Morgan fingerprint density at radius 3 is 2.50 bits per heavy atom. The van der Waals surface area contributed by atoms with Crippen LogP contribution in [0.4, 0.5) is 0 Å². The molecule has 0 saturated heterocycles. The predicted octanol–water partition coefficient (Wildman–Crippen LogP) is 0.787. The highest BCUT2D eigenvalue weighted by atomic mass is 16.3. The van der Waals surface area contributed by atoms with Crippen LogP contribution < -0.4 is 11.1 Å². The summed E-state index contributed by atoms with van der Waals surface area (Å²) in [7, 11) is 0. The van der Waals surface area contributed by atoms with Crippen molar-refractivity contribution in [2.45, 2.75) is 32.7 Å². The van der Waals surface area contributed by atoms with Gasteiger partial charge in [0, 0.05) is 13.2 Å². The van der Waals surface area contributed by atoms with Crippen LogP contribution in [0.5, 0.6) is 5.75 Å². The van der Waals surface area contributed by atoms with E-state index in [1.807, 2.05) is 13.8 Å². The van der Waals surface area contributed by atoms with Crippen LogP contribution in [0, 0.1) is 5.41 Å². The van der Waals surface area contributed by atoms with E-state index in [1.165, 1.54) is 0 Å². The number of phenols is 1. The van der Waals surface area contributed by atoms with E-state index in [0.29, 0.717) is 19.4 Å². The molecule has 0 radical (unpaired) electrons. The lowest BCUT2D eigenvalue weighted by Crippen LogP contribution is -2.45. The molecular weight excluding hydrogens is 256 g/mol. The Hall–Kier alpha value is -1.59. The maximum Gasteiger partial charge on any atom is 0.237 e. The highest BCUT2D eigenvalue weighted by Crippen LogP contribution is 2.18.